The third kappa shape index (κ3) is 3.70. The maximum atomic E-state index is 13.8. The normalized spacial score (nSPS) is 18.0. The number of fused-ring (bicyclic) bond motifs is 2. The first-order valence-corrected chi connectivity index (χ1v) is 10.0. The molecule has 2 aliphatic heterocycles. The summed E-state index contributed by atoms with van der Waals surface area (Å²) in [6, 6.07) is 19.2. The minimum absolute atomic E-state index is 0.0866. The number of ketones is 1. The summed E-state index contributed by atoms with van der Waals surface area (Å²) in [6.45, 7) is 2.02. The zero-order valence-corrected chi connectivity index (χ0v) is 16.8. The number of allylic oxidation sites excluding steroid dienone is 1. The van der Waals surface area contributed by atoms with Gasteiger partial charge in [0.2, 0.25) is 5.78 Å². The van der Waals surface area contributed by atoms with Gasteiger partial charge in [0.25, 0.3) is 0 Å². The van der Waals surface area contributed by atoms with E-state index in [9.17, 15) is 9.18 Å². The second kappa shape index (κ2) is 7.76. The van der Waals surface area contributed by atoms with Crippen molar-refractivity contribution in [1.29, 1.82) is 0 Å². The summed E-state index contributed by atoms with van der Waals surface area (Å²) in [5.74, 6) is 1.46. The number of hydrogen-bond donors (Lipinski definition) is 0. The summed E-state index contributed by atoms with van der Waals surface area (Å²) < 4.78 is 31.3. The molecule has 0 amide bonds. The average molecular weight is 414 g/mol. The molecule has 4 nitrogen and oxygen atoms in total. The molecule has 0 saturated carbocycles. The molecule has 3 aromatic carbocycles. The summed E-state index contributed by atoms with van der Waals surface area (Å²) in [5.41, 5.74) is 2.74. The van der Waals surface area contributed by atoms with Gasteiger partial charge in [-0.3, -0.25) is 4.79 Å². The second-order valence-electron chi connectivity index (χ2n) is 7.42. The second-order valence-corrected chi connectivity index (χ2v) is 7.42. The molecule has 0 aliphatic carbocycles. The van der Waals surface area contributed by atoms with Crippen molar-refractivity contribution < 1.29 is 23.4 Å². The molecular weight excluding hydrogens is 395 g/mol. The van der Waals surface area contributed by atoms with Crippen LogP contribution in [0.25, 0.3) is 6.08 Å². The summed E-state index contributed by atoms with van der Waals surface area (Å²) >= 11 is 0. The summed E-state index contributed by atoms with van der Waals surface area (Å²) in [6.07, 6.45) is 3.52. The third-order valence-electron chi connectivity index (χ3n) is 5.31. The predicted molar refractivity (Wildman–Crippen MR) is 115 cm³/mol. The van der Waals surface area contributed by atoms with Crippen LogP contribution in [0.4, 0.5) is 4.39 Å². The van der Waals surface area contributed by atoms with Gasteiger partial charge in [-0.1, -0.05) is 36.4 Å². The lowest BCUT2D eigenvalue weighted by Crippen LogP contribution is -2.18. The summed E-state index contributed by atoms with van der Waals surface area (Å²) in [7, 11) is 0. The molecule has 0 fully saturated rings. The van der Waals surface area contributed by atoms with Gasteiger partial charge in [-0.05, 0) is 48.9 Å². The lowest BCUT2D eigenvalue weighted by atomic mass is 10.0. The van der Waals surface area contributed by atoms with Crippen molar-refractivity contribution in [3.8, 4) is 17.2 Å². The number of hydrogen-bond acceptors (Lipinski definition) is 4. The van der Waals surface area contributed by atoms with E-state index in [2.05, 4.69) is 0 Å². The van der Waals surface area contributed by atoms with Crippen LogP contribution >= 0.6 is 0 Å². The number of carbonyl (C=O) groups excluding carboxylic acids is 1. The SMILES string of the molecule is C[C@@H]1Oc2ccccc2C=C1C=C1Oc2cc(OCc3ccccc3F)ccc2C1=O. The number of Topliss-reactive ketones (excluding diaryl/α,β-unsaturated/α-hetero) is 1. The van der Waals surface area contributed by atoms with E-state index in [1.54, 1.807) is 42.5 Å². The largest absolute Gasteiger partial charge is 0.489 e. The number of benzene rings is 3. The van der Waals surface area contributed by atoms with E-state index in [-0.39, 0.29) is 30.1 Å². The highest BCUT2D eigenvalue weighted by Crippen LogP contribution is 2.36. The van der Waals surface area contributed by atoms with Crippen LogP contribution in [0.15, 0.2) is 84.1 Å². The van der Waals surface area contributed by atoms with Crippen LogP contribution in [0.2, 0.25) is 0 Å². The zero-order valence-electron chi connectivity index (χ0n) is 16.8. The Labute approximate surface area is 179 Å². The van der Waals surface area contributed by atoms with Crippen LogP contribution < -0.4 is 14.2 Å². The number of para-hydroxylation sites is 1. The molecule has 31 heavy (non-hydrogen) atoms. The van der Waals surface area contributed by atoms with Crippen molar-refractivity contribution >= 4 is 11.9 Å². The van der Waals surface area contributed by atoms with E-state index in [0.29, 0.717) is 22.6 Å². The van der Waals surface area contributed by atoms with Crippen LogP contribution in [-0.4, -0.2) is 11.9 Å². The molecule has 0 bridgehead atoms. The number of halogens is 1. The molecule has 2 aliphatic rings. The molecule has 0 saturated heterocycles. The highest BCUT2D eigenvalue weighted by Gasteiger charge is 2.29. The molecule has 5 heteroatoms. The topological polar surface area (TPSA) is 44.8 Å². The molecule has 5 rings (SSSR count). The van der Waals surface area contributed by atoms with Crippen LogP contribution in [0.5, 0.6) is 17.2 Å². The highest BCUT2D eigenvalue weighted by atomic mass is 19.1. The Morgan fingerprint density at radius 1 is 1.03 bits per heavy atom. The monoisotopic (exact) mass is 414 g/mol. The van der Waals surface area contributed by atoms with Crippen LogP contribution in [0.1, 0.15) is 28.4 Å². The Kier molecular flexibility index (Phi) is 4.79. The first-order chi connectivity index (χ1) is 15.1. The van der Waals surface area contributed by atoms with Crippen molar-refractivity contribution in [3.63, 3.8) is 0 Å². The minimum Gasteiger partial charge on any atom is -0.489 e. The molecule has 0 radical (unpaired) electrons. The van der Waals surface area contributed by atoms with Gasteiger partial charge >= 0.3 is 0 Å². The van der Waals surface area contributed by atoms with Gasteiger partial charge in [0.15, 0.2) is 5.76 Å². The van der Waals surface area contributed by atoms with Gasteiger partial charge in [0, 0.05) is 17.2 Å². The molecule has 154 valence electrons. The van der Waals surface area contributed by atoms with Gasteiger partial charge in [0.05, 0.1) is 5.56 Å². The van der Waals surface area contributed by atoms with Crippen molar-refractivity contribution in [1.82, 2.24) is 0 Å². The lowest BCUT2D eigenvalue weighted by molar-refractivity contribution is 0.101. The molecule has 0 unspecified atom stereocenters. The number of rotatable bonds is 4. The van der Waals surface area contributed by atoms with E-state index in [4.69, 9.17) is 14.2 Å². The quantitative estimate of drug-likeness (QED) is 0.512. The Hall–Kier alpha value is -3.86. The maximum absolute atomic E-state index is 13.8. The van der Waals surface area contributed by atoms with Crippen molar-refractivity contribution in [2.45, 2.75) is 19.6 Å². The minimum atomic E-state index is -0.320. The highest BCUT2D eigenvalue weighted by molar-refractivity contribution is 6.12. The standard InChI is InChI=1S/C26H19FO4/c1-16-19(12-17-6-3-5-9-23(17)30-16)13-25-26(28)21-11-10-20(14-24(21)31-25)29-15-18-7-2-4-8-22(18)27/h2-14,16H,15H2,1H3/t16-/m0/s1. The predicted octanol–water partition coefficient (Wildman–Crippen LogP) is 5.73. The van der Waals surface area contributed by atoms with Crippen LogP contribution in [0.3, 0.4) is 0 Å². The van der Waals surface area contributed by atoms with Gasteiger partial charge in [-0.15, -0.1) is 0 Å². The lowest BCUT2D eigenvalue weighted by Gasteiger charge is -2.22. The van der Waals surface area contributed by atoms with E-state index >= 15 is 0 Å². The zero-order chi connectivity index (χ0) is 21.4. The van der Waals surface area contributed by atoms with Crippen LogP contribution in [-0.2, 0) is 6.61 Å². The number of carbonyl (C=O) groups is 1. The fourth-order valence-corrected chi connectivity index (χ4v) is 3.61. The molecule has 0 aromatic heterocycles. The Morgan fingerprint density at radius 2 is 1.84 bits per heavy atom. The molecule has 0 N–H and O–H groups in total. The number of ether oxygens (including phenoxy) is 3. The van der Waals surface area contributed by atoms with Gasteiger partial charge in [-0.2, -0.15) is 0 Å². The van der Waals surface area contributed by atoms with E-state index in [1.165, 1.54) is 6.07 Å². The van der Waals surface area contributed by atoms with Gasteiger partial charge in [-0.25, -0.2) is 4.39 Å². The maximum Gasteiger partial charge on any atom is 0.231 e. The van der Waals surface area contributed by atoms with Crippen LogP contribution in [0, 0.1) is 5.82 Å². The Morgan fingerprint density at radius 3 is 2.71 bits per heavy atom. The van der Waals surface area contributed by atoms with Gasteiger partial charge < -0.3 is 14.2 Å². The molecular formula is C26H19FO4. The Balaban J connectivity index is 1.36. The fraction of sp³-hybridized carbons (Fsp3) is 0.115. The summed E-state index contributed by atoms with van der Waals surface area (Å²) in [4.78, 5) is 12.8. The Bertz CT molecular complexity index is 1240. The first kappa shape index (κ1) is 19.1. The van der Waals surface area contributed by atoms with Gasteiger partial charge in [0.1, 0.15) is 35.8 Å². The third-order valence-corrected chi connectivity index (χ3v) is 5.31. The van der Waals surface area contributed by atoms with E-state index in [0.717, 1.165) is 16.9 Å². The van der Waals surface area contributed by atoms with Crippen molar-refractivity contribution in [2.24, 2.45) is 0 Å². The fourth-order valence-electron chi connectivity index (χ4n) is 3.61. The first-order valence-electron chi connectivity index (χ1n) is 10.0. The average Bonchev–Trinajstić information content (AvgIpc) is 3.08. The van der Waals surface area contributed by atoms with E-state index in [1.807, 2.05) is 37.3 Å². The van der Waals surface area contributed by atoms with Crippen molar-refractivity contribution in [3.05, 3.63) is 107 Å². The summed E-state index contributed by atoms with van der Waals surface area (Å²) in [5, 5.41) is 0. The molecule has 1 atom stereocenters. The molecule has 3 aromatic rings. The molecule has 2 heterocycles. The smallest absolute Gasteiger partial charge is 0.231 e. The van der Waals surface area contributed by atoms with E-state index < -0.39 is 0 Å². The molecule has 0 spiro atoms. The van der Waals surface area contributed by atoms with Crippen molar-refractivity contribution in [2.75, 3.05) is 0 Å².